The predicted octanol–water partition coefficient (Wildman–Crippen LogP) is 4.96. The number of esters is 1. The molecule has 2 aromatic heterocycles. The third kappa shape index (κ3) is 4.07. The van der Waals surface area contributed by atoms with Crippen molar-refractivity contribution >= 4 is 22.7 Å². The molecule has 4 rings (SSSR count). The Hall–Kier alpha value is -3.93. The van der Waals surface area contributed by atoms with Crippen molar-refractivity contribution in [3.8, 4) is 11.5 Å². The van der Waals surface area contributed by atoms with Gasteiger partial charge in [0.2, 0.25) is 5.78 Å². The number of Topliss-reactive ketones (excluding diaryl/α,β-unsaturated/α-hetero) is 1. The fourth-order valence-electron chi connectivity index (χ4n) is 3.21. The van der Waals surface area contributed by atoms with Gasteiger partial charge in [0.05, 0.1) is 6.20 Å². The fraction of sp³-hybridized carbons (Fsp3) is 0.125. The molecule has 0 unspecified atom stereocenters. The van der Waals surface area contributed by atoms with Crippen LogP contribution in [-0.4, -0.2) is 28.3 Å². The minimum atomic E-state index is -0.663. The molecule has 2 aromatic carbocycles. The number of carbonyl (C=O) groups is 2. The van der Waals surface area contributed by atoms with Crippen molar-refractivity contribution in [2.24, 2.45) is 0 Å². The molecule has 0 fully saturated rings. The summed E-state index contributed by atoms with van der Waals surface area (Å²) in [6, 6.07) is 18.2. The highest BCUT2D eigenvalue weighted by Gasteiger charge is 2.17. The van der Waals surface area contributed by atoms with E-state index in [9.17, 15) is 9.59 Å². The van der Waals surface area contributed by atoms with Crippen LogP contribution in [0.1, 0.15) is 33.3 Å². The molecular weight excluding hydrogens is 380 g/mol. The van der Waals surface area contributed by atoms with Crippen molar-refractivity contribution in [3.63, 3.8) is 0 Å². The number of benzene rings is 2. The number of nitrogens with zero attached hydrogens (tertiary/aromatic N) is 1. The number of aromatic nitrogens is 2. The maximum Gasteiger partial charge on any atom is 0.357 e. The van der Waals surface area contributed by atoms with Crippen LogP contribution in [0.4, 0.5) is 0 Å². The van der Waals surface area contributed by atoms with Crippen molar-refractivity contribution in [3.05, 3.63) is 89.9 Å². The summed E-state index contributed by atoms with van der Waals surface area (Å²) in [7, 11) is 0. The molecule has 4 aromatic rings. The number of aromatic amines is 1. The third-order valence-electron chi connectivity index (χ3n) is 4.74. The number of hydrogen-bond acceptors (Lipinski definition) is 5. The molecule has 150 valence electrons. The number of fused-ring (bicyclic) bond motifs is 1. The maximum absolute atomic E-state index is 12.6. The van der Waals surface area contributed by atoms with Gasteiger partial charge in [-0.3, -0.25) is 4.79 Å². The number of ether oxygens (including phenoxy) is 2. The van der Waals surface area contributed by atoms with E-state index in [4.69, 9.17) is 9.47 Å². The van der Waals surface area contributed by atoms with Gasteiger partial charge in [0.25, 0.3) is 0 Å². The lowest BCUT2D eigenvalue weighted by atomic mass is 10.1. The van der Waals surface area contributed by atoms with Gasteiger partial charge in [-0.2, -0.15) is 0 Å². The van der Waals surface area contributed by atoms with Gasteiger partial charge in [-0.05, 0) is 36.2 Å². The summed E-state index contributed by atoms with van der Waals surface area (Å²) in [4.78, 5) is 32.1. The summed E-state index contributed by atoms with van der Waals surface area (Å²) in [6.07, 6.45) is 3.96. The monoisotopic (exact) mass is 400 g/mol. The number of aryl methyl sites for hydroxylation is 1. The molecular formula is C24H20N2O4. The van der Waals surface area contributed by atoms with E-state index in [2.05, 4.69) is 16.9 Å². The lowest BCUT2D eigenvalue weighted by Crippen LogP contribution is -2.15. The van der Waals surface area contributed by atoms with E-state index in [0.717, 1.165) is 22.9 Å². The largest absolute Gasteiger partial charge is 0.456 e. The molecule has 0 radical (unpaired) electrons. The van der Waals surface area contributed by atoms with Crippen LogP contribution in [0.3, 0.4) is 0 Å². The van der Waals surface area contributed by atoms with E-state index in [0.29, 0.717) is 17.1 Å². The SMILES string of the molecule is CCc1cccc2c(C(=O)COC(=O)c3ccc(Oc4ccccc4)cn3)c[nH]c12. The number of H-pyrrole nitrogens is 1. The van der Waals surface area contributed by atoms with Crippen molar-refractivity contribution in [2.75, 3.05) is 6.61 Å². The Labute approximate surface area is 173 Å². The number of rotatable bonds is 7. The molecule has 1 N–H and O–H groups in total. The zero-order valence-electron chi connectivity index (χ0n) is 16.4. The first-order valence-electron chi connectivity index (χ1n) is 9.64. The topological polar surface area (TPSA) is 81.3 Å². The molecule has 0 saturated carbocycles. The van der Waals surface area contributed by atoms with Crippen molar-refractivity contribution in [1.82, 2.24) is 9.97 Å². The average Bonchev–Trinajstić information content (AvgIpc) is 3.23. The molecule has 2 heterocycles. The van der Waals surface area contributed by atoms with E-state index in [1.165, 1.54) is 12.3 Å². The Kier molecular flexibility index (Phi) is 5.57. The van der Waals surface area contributed by atoms with E-state index >= 15 is 0 Å². The van der Waals surface area contributed by atoms with Gasteiger partial charge in [0, 0.05) is 22.7 Å². The highest BCUT2D eigenvalue weighted by atomic mass is 16.5. The van der Waals surface area contributed by atoms with Crippen LogP contribution in [0.5, 0.6) is 11.5 Å². The molecule has 0 bridgehead atoms. The zero-order chi connectivity index (χ0) is 20.9. The Morgan fingerprint density at radius 2 is 1.80 bits per heavy atom. The lowest BCUT2D eigenvalue weighted by molar-refractivity contribution is 0.0469. The molecule has 0 spiro atoms. The van der Waals surface area contributed by atoms with E-state index in [1.54, 1.807) is 12.3 Å². The number of ketones is 1. The van der Waals surface area contributed by atoms with E-state index in [-0.39, 0.29) is 18.1 Å². The van der Waals surface area contributed by atoms with Gasteiger partial charge in [-0.15, -0.1) is 0 Å². The highest BCUT2D eigenvalue weighted by molar-refractivity contribution is 6.09. The van der Waals surface area contributed by atoms with Crippen LogP contribution in [0.25, 0.3) is 10.9 Å². The molecule has 0 aliphatic carbocycles. The molecule has 6 heteroatoms. The van der Waals surface area contributed by atoms with Gasteiger partial charge in [-0.1, -0.05) is 43.3 Å². The van der Waals surface area contributed by atoms with Crippen molar-refractivity contribution in [2.45, 2.75) is 13.3 Å². The molecule has 6 nitrogen and oxygen atoms in total. The minimum absolute atomic E-state index is 0.107. The summed E-state index contributed by atoms with van der Waals surface area (Å²) in [5.41, 5.74) is 2.68. The Morgan fingerprint density at radius 3 is 2.53 bits per heavy atom. The second-order valence-corrected chi connectivity index (χ2v) is 6.69. The first kappa shape index (κ1) is 19.4. The molecule has 0 aliphatic rings. The number of para-hydroxylation sites is 2. The molecule has 0 amide bonds. The van der Waals surface area contributed by atoms with Crippen LogP contribution in [-0.2, 0) is 11.2 Å². The average molecular weight is 400 g/mol. The Bertz CT molecular complexity index is 1180. The quantitative estimate of drug-likeness (QED) is 0.350. The summed E-state index contributed by atoms with van der Waals surface area (Å²) in [5, 5.41) is 0.830. The van der Waals surface area contributed by atoms with Crippen LogP contribution in [0, 0.1) is 0 Å². The summed E-state index contributed by atoms with van der Waals surface area (Å²) in [6.45, 7) is 1.70. The smallest absolute Gasteiger partial charge is 0.357 e. The minimum Gasteiger partial charge on any atom is -0.456 e. The summed E-state index contributed by atoms with van der Waals surface area (Å²) in [5.74, 6) is 0.236. The third-order valence-corrected chi connectivity index (χ3v) is 4.74. The van der Waals surface area contributed by atoms with E-state index in [1.807, 2.05) is 48.5 Å². The van der Waals surface area contributed by atoms with Gasteiger partial charge in [-0.25, -0.2) is 9.78 Å². The first-order chi connectivity index (χ1) is 14.7. The van der Waals surface area contributed by atoms with Gasteiger partial charge >= 0.3 is 5.97 Å². The van der Waals surface area contributed by atoms with Crippen molar-refractivity contribution < 1.29 is 19.1 Å². The molecule has 0 aliphatic heterocycles. The first-order valence-corrected chi connectivity index (χ1v) is 9.64. The Morgan fingerprint density at radius 1 is 0.967 bits per heavy atom. The number of nitrogens with one attached hydrogen (secondary N) is 1. The van der Waals surface area contributed by atoms with Gasteiger partial charge in [0.1, 0.15) is 17.2 Å². The molecule has 0 saturated heterocycles. The summed E-state index contributed by atoms with van der Waals surface area (Å²) < 4.78 is 10.8. The maximum atomic E-state index is 12.6. The molecule has 0 atom stereocenters. The van der Waals surface area contributed by atoms with Gasteiger partial charge < -0.3 is 14.5 Å². The number of carbonyl (C=O) groups excluding carboxylic acids is 2. The second kappa shape index (κ2) is 8.61. The second-order valence-electron chi connectivity index (χ2n) is 6.69. The number of hydrogen-bond donors (Lipinski definition) is 1. The highest BCUT2D eigenvalue weighted by Crippen LogP contribution is 2.23. The fourth-order valence-corrected chi connectivity index (χ4v) is 3.21. The normalized spacial score (nSPS) is 10.7. The standard InChI is InChI=1S/C24H20N2O4/c1-2-16-7-6-10-19-20(14-26-23(16)19)22(27)15-29-24(28)21-12-11-18(13-25-21)30-17-8-4-3-5-9-17/h3-14,26H,2,15H2,1H3. The zero-order valence-corrected chi connectivity index (χ0v) is 16.4. The van der Waals surface area contributed by atoms with Gasteiger partial charge in [0.15, 0.2) is 6.61 Å². The van der Waals surface area contributed by atoms with Crippen molar-refractivity contribution in [1.29, 1.82) is 0 Å². The number of pyridine rings is 1. The van der Waals surface area contributed by atoms with Crippen LogP contribution < -0.4 is 4.74 Å². The predicted molar refractivity (Wildman–Crippen MR) is 113 cm³/mol. The summed E-state index contributed by atoms with van der Waals surface area (Å²) >= 11 is 0. The van der Waals surface area contributed by atoms with E-state index < -0.39 is 5.97 Å². The lowest BCUT2D eigenvalue weighted by Gasteiger charge is -2.06. The Balaban J connectivity index is 1.39. The van der Waals surface area contributed by atoms with Crippen LogP contribution in [0.2, 0.25) is 0 Å². The molecule has 30 heavy (non-hydrogen) atoms. The van der Waals surface area contributed by atoms with Crippen LogP contribution in [0.15, 0.2) is 73.1 Å². The van der Waals surface area contributed by atoms with Crippen LogP contribution >= 0.6 is 0 Å².